The van der Waals surface area contributed by atoms with Crippen LogP contribution in [0.3, 0.4) is 0 Å². The molecule has 2 aromatic rings. The van der Waals surface area contributed by atoms with Crippen molar-refractivity contribution in [3.63, 3.8) is 0 Å². The number of nitrogens with zero attached hydrogens (tertiary/aromatic N) is 1. The predicted molar refractivity (Wildman–Crippen MR) is 84.5 cm³/mol. The van der Waals surface area contributed by atoms with Crippen molar-refractivity contribution in [2.24, 2.45) is 5.84 Å². The third-order valence-electron chi connectivity index (χ3n) is 2.99. The summed E-state index contributed by atoms with van der Waals surface area (Å²) in [6.07, 6.45) is 0.745. The van der Waals surface area contributed by atoms with E-state index in [4.69, 9.17) is 17.4 Å². The minimum atomic E-state index is -0.0157. The number of hydrogen-bond acceptors (Lipinski definition) is 4. The van der Waals surface area contributed by atoms with Crippen molar-refractivity contribution in [1.29, 1.82) is 0 Å². The Kier molecular flexibility index (Phi) is 4.97. The maximum absolute atomic E-state index is 6.05. The number of hydrazine groups is 1. The van der Waals surface area contributed by atoms with Crippen molar-refractivity contribution in [3.05, 3.63) is 48.8 Å². The van der Waals surface area contributed by atoms with E-state index in [0.29, 0.717) is 5.02 Å². The molecule has 0 aliphatic heterocycles. The number of nitrogens with two attached hydrogens (primary N) is 1. The Bertz CT molecular complexity index is 566. The van der Waals surface area contributed by atoms with Crippen LogP contribution in [0.1, 0.15) is 27.2 Å². The van der Waals surface area contributed by atoms with Gasteiger partial charge in [0.2, 0.25) is 0 Å². The number of rotatable bonds is 4. The highest BCUT2D eigenvalue weighted by atomic mass is 79.9. The van der Waals surface area contributed by atoms with Gasteiger partial charge in [-0.1, -0.05) is 27.5 Å². The molecule has 0 saturated heterocycles. The molecule has 3 N–H and O–H groups in total. The molecule has 0 bridgehead atoms. The summed E-state index contributed by atoms with van der Waals surface area (Å²) < 4.78 is 0.991. The molecule has 0 saturated carbocycles. The number of hydrogen-bond donors (Lipinski definition) is 2. The molecule has 0 spiro atoms. The van der Waals surface area contributed by atoms with Crippen molar-refractivity contribution in [2.45, 2.75) is 26.3 Å². The lowest BCUT2D eigenvalue weighted by molar-refractivity contribution is 0.548. The fourth-order valence-corrected chi connectivity index (χ4v) is 3.52. The van der Waals surface area contributed by atoms with Crippen LogP contribution >= 0.6 is 38.9 Å². The van der Waals surface area contributed by atoms with Gasteiger partial charge >= 0.3 is 0 Å². The SMILES string of the molecule is Cc1nc(CC(NN)c2cc(Cl)ccc2Br)sc1C. The molecule has 0 aliphatic carbocycles. The topological polar surface area (TPSA) is 50.9 Å². The first-order chi connectivity index (χ1) is 9.01. The van der Waals surface area contributed by atoms with Crippen molar-refractivity contribution in [3.8, 4) is 0 Å². The minimum Gasteiger partial charge on any atom is -0.271 e. The van der Waals surface area contributed by atoms with Gasteiger partial charge in [-0.15, -0.1) is 11.3 Å². The zero-order chi connectivity index (χ0) is 14.0. The fourth-order valence-electron chi connectivity index (χ4n) is 1.84. The lowest BCUT2D eigenvalue weighted by Crippen LogP contribution is -2.29. The average Bonchev–Trinajstić information content (AvgIpc) is 2.69. The quantitative estimate of drug-likeness (QED) is 0.642. The predicted octanol–water partition coefficient (Wildman–Crippen LogP) is 3.92. The molecule has 1 aromatic heterocycles. The summed E-state index contributed by atoms with van der Waals surface area (Å²) >= 11 is 11.3. The number of thiazole rings is 1. The van der Waals surface area contributed by atoms with Gasteiger partial charge < -0.3 is 0 Å². The second kappa shape index (κ2) is 6.33. The van der Waals surface area contributed by atoms with Crippen LogP contribution in [0.15, 0.2) is 22.7 Å². The van der Waals surface area contributed by atoms with Crippen LogP contribution in [-0.2, 0) is 6.42 Å². The van der Waals surface area contributed by atoms with Crippen LogP contribution < -0.4 is 11.3 Å². The average molecular weight is 361 g/mol. The first-order valence-corrected chi connectivity index (χ1v) is 7.84. The third-order valence-corrected chi connectivity index (χ3v) is 5.04. The molecule has 102 valence electrons. The Hall–Kier alpha value is -0.460. The Labute approximate surface area is 130 Å². The van der Waals surface area contributed by atoms with E-state index in [-0.39, 0.29) is 6.04 Å². The van der Waals surface area contributed by atoms with E-state index in [9.17, 15) is 0 Å². The lowest BCUT2D eigenvalue weighted by atomic mass is 10.0. The van der Waals surface area contributed by atoms with Gasteiger partial charge in [0, 0.05) is 20.8 Å². The second-order valence-corrected chi connectivity index (χ2v) is 6.92. The molecule has 6 heteroatoms. The highest BCUT2D eigenvalue weighted by Gasteiger charge is 2.16. The summed E-state index contributed by atoms with van der Waals surface area (Å²) in [6.45, 7) is 4.10. The van der Waals surface area contributed by atoms with E-state index in [2.05, 4.69) is 33.3 Å². The second-order valence-electron chi connectivity index (χ2n) is 4.34. The van der Waals surface area contributed by atoms with Crippen LogP contribution in [0.4, 0.5) is 0 Å². The molecule has 0 radical (unpaired) electrons. The highest BCUT2D eigenvalue weighted by molar-refractivity contribution is 9.10. The first-order valence-electron chi connectivity index (χ1n) is 5.85. The summed E-state index contributed by atoms with van der Waals surface area (Å²) in [5.74, 6) is 5.68. The standard InChI is InChI=1S/C13H15BrClN3S/c1-7-8(2)19-13(17-7)6-12(18-16)10-5-9(15)3-4-11(10)14/h3-5,12,18H,6,16H2,1-2H3. The van der Waals surface area contributed by atoms with Gasteiger partial charge in [0.25, 0.3) is 0 Å². The molecule has 0 fully saturated rings. The van der Waals surface area contributed by atoms with Crippen molar-refractivity contribution < 1.29 is 0 Å². The Morgan fingerprint density at radius 3 is 2.79 bits per heavy atom. The van der Waals surface area contributed by atoms with Crippen molar-refractivity contribution >= 4 is 38.9 Å². The molecule has 1 aromatic carbocycles. The summed E-state index contributed by atoms with van der Waals surface area (Å²) in [5.41, 5.74) is 4.97. The van der Waals surface area contributed by atoms with Crippen LogP contribution in [-0.4, -0.2) is 4.98 Å². The van der Waals surface area contributed by atoms with E-state index >= 15 is 0 Å². The molecular weight excluding hydrogens is 346 g/mol. The highest BCUT2D eigenvalue weighted by Crippen LogP contribution is 2.30. The molecule has 1 unspecified atom stereocenters. The zero-order valence-corrected chi connectivity index (χ0v) is 13.9. The van der Waals surface area contributed by atoms with E-state index < -0.39 is 0 Å². The van der Waals surface area contributed by atoms with E-state index in [1.807, 2.05) is 25.1 Å². The fraction of sp³-hybridized carbons (Fsp3) is 0.308. The zero-order valence-electron chi connectivity index (χ0n) is 10.7. The van der Waals surface area contributed by atoms with Gasteiger partial charge in [0.05, 0.1) is 16.7 Å². The van der Waals surface area contributed by atoms with Gasteiger partial charge in [-0.25, -0.2) is 4.98 Å². The summed E-state index contributed by atoms with van der Waals surface area (Å²) in [5, 5.41) is 1.77. The summed E-state index contributed by atoms with van der Waals surface area (Å²) in [4.78, 5) is 5.80. The first kappa shape index (κ1) is 14.9. The lowest BCUT2D eigenvalue weighted by Gasteiger charge is -2.17. The van der Waals surface area contributed by atoms with Gasteiger partial charge in [-0.05, 0) is 37.6 Å². The Morgan fingerprint density at radius 2 is 2.21 bits per heavy atom. The van der Waals surface area contributed by atoms with Gasteiger partial charge in [0.1, 0.15) is 0 Å². The number of halogens is 2. The van der Waals surface area contributed by atoms with Gasteiger partial charge in [0.15, 0.2) is 0 Å². The normalized spacial score (nSPS) is 12.7. The van der Waals surface area contributed by atoms with E-state index in [1.165, 1.54) is 4.88 Å². The molecule has 0 aliphatic rings. The number of aryl methyl sites for hydroxylation is 2. The van der Waals surface area contributed by atoms with Crippen LogP contribution in [0.25, 0.3) is 0 Å². The number of aromatic nitrogens is 1. The minimum absolute atomic E-state index is 0.0157. The molecular formula is C13H15BrClN3S. The van der Waals surface area contributed by atoms with Crippen LogP contribution in [0.2, 0.25) is 5.02 Å². The van der Waals surface area contributed by atoms with Gasteiger partial charge in [-0.2, -0.15) is 0 Å². The van der Waals surface area contributed by atoms with Crippen LogP contribution in [0.5, 0.6) is 0 Å². The monoisotopic (exact) mass is 359 g/mol. The van der Waals surface area contributed by atoms with Gasteiger partial charge in [-0.3, -0.25) is 11.3 Å². The maximum Gasteiger partial charge on any atom is 0.0950 e. The largest absolute Gasteiger partial charge is 0.271 e. The molecule has 3 nitrogen and oxygen atoms in total. The van der Waals surface area contributed by atoms with E-state index in [1.54, 1.807) is 11.3 Å². The summed E-state index contributed by atoms with van der Waals surface area (Å²) in [7, 11) is 0. The van der Waals surface area contributed by atoms with Crippen molar-refractivity contribution in [1.82, 2.24) is 10.4 Å². The maximum atomic E-state index is 6.05. The Morgan fingerprint density at radius 1 is 1.47 bits per heavy atom. The smallest absolute Gasteiger partial charge is 0.0950 e. The number of benzene rings is 1. The molecule has 0 amide bonds. The summed E-state index contributed by atoms with van der Waals surface area (Å²) in [6, 6.07) is 5.68. The molecule has 1 atom stereocenters. The number of nitrogens with one attached hydrogen (secondary N) is 1. The third kappa shape index (κ3) is 3.55. The van der Waals surface area contributed by atoms with E-state index in [0.717, 1.165) is 27.2 Å². The van der Waals surface area contributed by atoms with Crippen molar-refractivity contribution in [2.75, 3.05) is 0 Å². The van der Waals surface area contributed by atoms with Crippen LogP contribution in [0, 0.1) is 13.8 Å². The molecule has 19 heavy (non-hydrogen) atoms. The Balaban J connectivity index is 2.27. The molecule has 1 heterocycles. The molecule has 2 rings (SSSR count).